The third kappa shape index (κ3) is 1.65. The van der Waals surface area contributed by atoms with Gasteiger partial charge in [-0.1, -0.05) is 12.7 Å². The topological polar surface area (TPSA) is 16.1 Å². The third-order valence-electron chi connectivity index (χ3n) is 2.76. The molecular weight excluding hydrogens is 172 g/mol. The molecule has 0 atom stereocenters. The van der Waals surface area contributed by atoms with Crippen LogP contribution in [-0.2, 0) is 0 Å². The molecule has 1 fully saturated rings. The van der Waals surface area contributed by atoms with Crippen LogP contribution in [0.15, 0.2) is 18.7 Å². The van der Waals surface area contributed by atoms with E-state index in [1.807, 2.05) is 13.0 Å². The minimum Gasteiger partial charge on any atom is -0.357 e. The molecule has 2 nitrogen and oxygen atoms in total. The molecule has 2 heteroatoms. The van der Waals surface area contributed by atoms with Crippen molar-refractivity contribution in [1.82, 2.24) is 4.98 Å². The highest BCUT2D eigenvalue weighted by atomic mass is 15.2. The lowest BCUT2D eigenvalue weighted by molar-refractivity contribution is 0.928. The molecule has 0 amide bonds. The van der Waals surface area contributed by atoms with E-state index in [1.165, 1.54) is 12.8 Å². The fourth-order valence-electron chi connectivity index (χ4n) is 1.90. The normalized spacial score (nSPS) is 15.9. The Hall–Kier alpha value is -1.31. The Morgan fingerprint density at radius 3 is 2.64 bits per heavy atom. The van der Waals surface area contributed by atoms with Gasteiger partial charge in [0.15, 0.2) is 0 Å². The average molecular weight is 188 g/mol. The van der Waals surface area contributed by atoms with Gasteiger partial charge < -0.3 is 4.90 Å². The number of hydrogen-bond acceptors (Lipinski definition) is 2. The van der Waals surface area contributed by atoms with Crippen LogP contribution in [0.2, 0.25) is 0 Å². The van der Waals surface area contributed by atoms with Crippen molar-refractivity contribution in [2.75, 3.05) is 18.0 Å². The smallest absolute Gasteiger partial charge is 0.128 e. The van der Waals surface area contributed by atoms with Gasteiger partial charge in [0.1, 0.15) is 5.82 Å². The number of pyridine rings is 1. The SMILES string of the molecule is C=Cc1ccc(N2CCCC2)nc1C. The minimum atomic E-state index is 1.07. The lowest BCUT2D eigenvalue weighted by atomic mass is 10.2. The van der Waals surface area contributed by atoms with E-state index in [0.717, 1.165) is 30.2 Å². The summed E-state index contributed by atoms with van der Waals surface area (Å²) in [5.41, 5.74) is 2.21. The van der Waals surface area contributed by atoms with Crippen molar-refractivity contribution in [3.05, 3.63) is 30.0 Å². The molecule has 0 radical (unpaired) electrons. The van der Waals surface area contributed by atoms with Gasteiger partial charge in [-0.25, -0.2) is 4.98 Å². The maximum atomic E-state index is 4.58. The van der Waals surface area contributed by atoms with Crippen LogP contribution in [-0.4, -0.2) is 18.1 Å². The van der Waals surface area contributed by atoms with Crippen LogP contribution in [0.1, 0.15) is 24.1 Å². The summed E-state index contributed by atoms with van der Waals surface area (Å²) < 4.78 is 0. The Balaban J connectivity index is 2.27. The second-order valence-corrected chi connectivity index (χ2v) is 3.74. The number of anilines is 1. The predicted octanol–water partition coefficient (Wildman–Crippen LogP) is 2.63. The third-order valence-corrected chi connectivity index (χ3v) is 2.76. The molecule has 2 heterocycles. The van der Waals surface area contributed by atoms with Crippen molar-refractivity contribution in [2.24, 2.45) is 0 Å². The molecule has 1 saturated heterocycles. The first-order valence-electron chi connectivity index (χ1n) is 5.16. The summed E-state index contributed by atoms with van der Waals surface area (Å²) in [5, 5.41) is 0. The molecule has 0 aromatic carbocycles. The monoisotopic (exact) mass is 188 g/mol. The van der Waals surface area contributed by atoms with Crippen LogP contribution < -0.4 is 4.90 Å². The fraction of sp³-hybridized carbons (Fsp3) is 0.417. The number of hydrogen-bond donors (Lipinski definition) is 0. The van der Waals surface area contributed by atoms with Crippen LogP contribution in [0.5, 0.6) is 0 Å². The Morgan fingerprint density at radius 1 is 1.36 bits per heavy atom. The van der Waals surface area contributed by atoms with Crippen molar-refractivity contribution in [3.8, 4) is 0 Å². The van der Waals surface area contributed by atoms with Gasteiger partial charge >= 0.3 is 0 Å². The zero-order valence-corrected chi connectivity index (χ0v) is 8.66. The first kappa shape index (κ1) is 9.25. The highest BCUT2D eigenvalue weighted by Crippen LogP contribution is 2.19. The molecule has 74 valence electrons. The molecule has 0 spiro atoms. The number of nitrogens with zero attached hydrogens (tertiary/aromatic N) is 2. The lowest BCUT2D eigenvalue weighted by Crippen LogP contribution is -2.19. The Kier molecular flexibility index (Phi) is 2.53. The van der Waals surface area contributed by atoms with Crippen molar-refractivity contribution >= 4 is 11.9 Å². The molecule has 1 aliphatic heterocycles. The van der Waals surface area contributed by atoms with E-state index in [4.69, 9.17) is 0 Å². The van der Waals surface area contributed by atoms with Crippen molar-refractivity contribution in [1.29, 1.82) is 0 Å². The largest absolute Gasteiger partial charge is 0.357 e. The van der Waals surface area contributed by atoms with E-state index in [2.05, 4.69) is 28.6 Å². The molecule has 0 N–H and O–H groups in total. The van der Waals surface area contributed by atoms with Crippen molar-refractivity contribution in [3.63, 3.8) is 0 Å². The van der Waals surface area contributed by atoms with Gasteiger partial charge in [-0.05, 0) is 37.5 Å². The van der Waals surface area contributed by atoms with Crippen LogP contribution >= 0.6 is 0 Å². The molecule has 0 bridgehead atoms. The van der Waals surface area contributed by atoms with Crippen LogP contribution in [0, 0.1) is 6.92 Å². The molecule has 1 aliphatic rings. The highest BCUT2D eigenvalue weighted by molar-refractivity contribution is 5.53. The predicted molar refractivity (Wildman–Crippen MR) is 60.5 cm³/mol. The molecule has 0 unspecified atom stereocenters. The lowest BCUT2D eigenvalue weighted by Gasteiger charge is -2.17. The van der Waals surface area contributed by atoms with Gasteiger partial charge in [0, 0.05) is 18.8 Å². The van der Waals surface area contributed by atoms with Gasteiger partial charge in [0.05, 0.1) is 0 Å². The molecule has 14 heavy (non-hydrogen) atoms. The molecule has 1 aromatic rings. The van der Waals surface area contributed by atoms with E-state index in [-0.39, 0.29) is 0 Å². The minimum absolute atomic E-state index is 1.07. The summed E-state index contributed by atoms with van der Waals surface area (Å²) in [6.07, 6.45) is 4.45. The van der Waals surface area contributed by atoms with E-state index in [1.54, 1.807) is 0 Å². The number of aryl methyl sites for hydroxylation is 1. The summed E-state index contributed by atoms with van der Waals surface area (Å²) in [5.74, 6) is 1.12. The second-order valence-electron chi connectivity index (χ2n) is 3.74. The standard InChI is InChI=1S/C12H16N2/c1-3-11-6-7-12(13-10(11)2)14-8-4-5-9-14/h3,6-7H,1,4-5,8-9H2,2H3. The van der Waals surface area contributed by atoms with E-state index >= 15 is 0 Å². The van der Waals surface area contributed by atoms with E-state index in [0.29, 0.717) is 0 Å². The molecule has 0 saturated carbocycles. The average Bonchev–Trinajstić information content (AvgIpc) is 2.70. The molecule has 1 aromatic heterocycles. The van der Waals surface area contributed by atoms with E-state index < -0.39 is 0 Å². The van der Waals surface area contributed by atoms with Crippen LogP contribution in [0.25, 0.3) is 6.08 Å². The molecular formula is C12H16N2. The first-order valence-corrected chi connectivity index (χ1v) is 5.16. The molecule has 2 rings (SSSR count). The highest BCUT2D eigenvalue weighted by Gasteiger charge is 2.13. The quantitative estimate of drug-likeness (QED) is 0.709. The molecule has 0 aliphatic carbocycles. The van der Waals surface area contributed by atoms with Crippen LogP contribution in [0.4, 0.5) is 5.82 Å². The Bertz CT molecular complexity index is 338. The van der Waals surface area contributed by atoms with Crippen LogP contribution in [0.3, 0.4) is 0 Å². The summed E-state index contributed by atoms with van der Waals surface area (Å²) in [6.45, 7) is 8.11. The summed E-state index contributed by atoms with van der Waals surface area (Å²) in [6, 6.07) is 4.19. The van der Waals surface area contributed by atoms with Gasteiger partial charge in [0.25, 0.3) is 0 Å². The first-order chi connectivity index (χ1) is 6.81. The van der Waals surface area contributed by atoms with Crippen molar-refractivity contribution in [2.45, 2.75) is 19.8 Å². The Labute approximate surface area is 85.3 Å². The number of aromatic nitrogens is 1. The van der Waals surface area contributed by atoms with E-state index in [9.17, 15) is 0 Å². The maximum Gasteiger partial charge on any atom is 0.128 e. The maximum absolute atomic E-state index is 4.58. The summed E-state index contributed by atoms with van der Waals surface area (Å²) in [4.78, 5) is 6.93. The van der Waals surface area contributed by atoms with Gasteiger partial charge in [-0.2, -0.15) is 0 Å². The summed E-state index contributed by atoms with van der Waals surface area (Å²) >= 11 is 0. The zero-order valence-electron chi connectivity index (χ0n) is 8.66. The van der Waals surface area contributed by atoms with Gasteiger partial charge in [-0.15, -0.1) is 0 Å². The zero-order chi connectivity index (χ0) is 9.97. The Morgan fingerprint density at radius 2 is 2.07 bits per heavy atom. The number of rotatable bonds is 2. The van der Waals surface area contributed by atoms with Gasteiger partial charge in [0.2, 0.25) is 0 Å². The van der Waals surface area contributed by atoms with Gasteiger partial charge in [-0.3, -0.25) is 0 Å². The van der Waals surface area contributed by atoms with Crippen molar-refractivity contribution < 1.29 is 0 Å². The summed E-state index contributed by atoms with van der Waals surface area (Å²) in [7, 11) is 0. The fourth-order valence-corrected chi connectivity index (χ4v) is 1.90. The second kappa shape index (κ2) is 3.82.